The highest BCUT2D eigenvalue weighted by atomic mass is 16.5. The molecule has 0 aliphatic carbocycles. The second-order valence-electron chi connectivity index (χ2n) is 6.25. The molecule has 3 rings (SSSR count). The van der Waals surface area contributed by atoms with E-state index < -0.39 is 0 Å². The number of anilines is 2. The van der Waals surface area contributed by atoms with Gasteiger partial charge in [-0.3, -0.25) is 14.3 Å². The summed E-state index contributed by atoms with van der Waals surface area (Å²) in [6, 6.07) is 5.21. The average Bonchev–Trinajstić information content (AvgIpc) is 3.21. The molecule has 1 aromatic heterocycles. The van der Waals surface area contributed by atoms with Crippen molar-refractivity contribution in [2.45, 2.75) is 39.3 Å². The van der Waals surface area contributed by atoms with E-state index in [4.69, 9.17) is 4.74 Å². The molecule has 7 heteroatoms. The molecule has 1 aliphatic rings. The van der Waals surface area contributed by atoms with E-state index in [2.05, 4.69) is 15.7 Å². The van der Waals surface area contributed by atoms with Crippen LogP contribution in [0.5, 0.6) is 0 Å². The molecular formula is C18H22N4O3. The van der Waals surface area contributed by atoms with Crippen LogP contribution in [0.1, 0.15) is 35.7 Å². The molecule has 1 atom stereocenters. The molecule has 7 nitrogen and oxygen atoms in total. The second kappa shape index (κ2) is 7.48. The van der Waals surface area contributed by atoms with Crippen molar-refractivity contribution in [3.8, 4) is 0 Å². The highest BCUT2D eigenvalue weighted by Crippen LogP contribution is 2.19. The van der Waals surface area contributed by atoms with E-state index in [1.807, 2.05) is 6.92 Å². The van der Waals surface area contributed by atoms with Crippen LogP contribution >= 0.6 is 0 Å². The lowest BCUT2D eigenvalue weighted by molar-refractivity contribution is -0.114. The fourth-order valence-corrected chi connectivity index (χ4v) is 2.82. The Labute approximate surface area is 146 Å². The zero-order chi connectivity index (χ0) is 17.8. The topological polar surface area (TPSA) is 85.3 Å². The standard InChI is InChI=1S/C18H22N4O3/c1-12-5-6-14(8-17(12)20-13(2)23)18(24)21-15-9-19-22(10-15)11-16-4-3-7-25-16/h5-6,8-10,16H,3-4,7,11H2,1-2H3,(H,20,23)(H,21,24). The minimum Gasteiger partial charge on any atom is -0.376 e. The molecule has 1 saturated heterocycles. The summed E-state index contributed by atoms with van der Waals surface area (Å²) in [6.07, 6.45) is 5.73. The fraction of sp³-hybridized carbons (Fsp3) is 0.389. The Morgan fingerprint density at radius 1 is 1.36 bits per heavy atom. The van der Waals surface area contributed by atoms with Gasteiger partial charge in [-0.15, -0.1) is 0 Å². The van der Waals surface area contributed by atoms with E-state index in [1.165, 1.54) is 6.92 Å². The summed E-state index contributed by atoms with van der Waals surface area (Å²) in [6.45, 7) is 4.81. The smallest absolute Gasteiger partial charge is 0.255 e. The van der Waals surface area contributed by atoms with Gasteiger partial charge in [-0.05, 0) is 37.5 Å². The Hall–Kier alpha value is -2.67. The highest BCUT2D eigenvalue weighted by Gasteiger charge is 2.17. The maximum absolute atomic E-state index is 12.4. The average molecular weight is 342 g/mol. The second-order valence-corrected chi connectivity index (χ2v) is 6.25. The van der Waals surface area contributed by atoms with Crippen molar-refractivity contribution in [2.75, 3.05) is 17.2 Å². The number of aryl methyl sites for hydroxylation is 1. The van der Waals surface area contributed by atoms with Crippen LogP contribution in [-0.2, 0) is 16.1 Å². The Bertz CT molecular complexity index is 778. The van der Waals surface area contributed by atoms with E-state index in [9.17, 15) is 9.59 Å². The van der Waals surface area contributed by atoms with Crippen LogP contribution in [0.15, 0.2) is 30.6 Å². The van der Waals surface area contributed by atoms with E-state index in [-0.39, 0.29) is 17.9 Å². The lowest BCUT2D eigenvalue weighted by Crippen LogP contribution is -2.15. The molecule has 0 radical (unpaired) electrons. The monoisotopic (exact) mass is 342 g/mol. The summed E-state index contributed by atoms with van der Waals surface area (Å²) in [5, 5.41) is 9.82. The molecule has 0 saturated carbocycles. The van der Waals surface area contributed by atoms with Gasteiger partial charge in [-0.2, -0.15) is 5.10 Å². The van der Waals surface area contributed by atoms with Crippen LogP contribution in [0, 0.1) is 6.92 Å². The van der Waals surface area contributed by atoms with Crippen LogP contribution in [0.2, 0.25) is 0 Å². The predicted octanol–water partition coefficient (Wildman–Crippen LogP) is 2.58. The summed E-state index contributed by atoms with van der Waals surface area (Å²) in [4.78, 5) is 23.7. The van der Waals surface area contributed by atoms with Crippen molar-refractivity contribution in [2.24, 2.45) is 0 Å². The fourth-order valence-electron chi connectivity index (χ4n) is 2.82. The molecular weight excluding hydrogens is 320 g/mol. The number of hydrogen-bond acceptors (Lipinski definition) is 4. The van der Waals surface area contributed by atoms with Gasteiger partial charge >= 0.3 is 0 Å². The van der Waals surface area contributed by atoms with Gasteiger partial charge in [0.05, 0.1) is 24.5 Å². The first-order chi connectivity index (χ1) is 12.0. The molecule has 2 aromatic rings. The van der Waals surface area contributed by atoms with Gasteiger partial charge in [0.1, 0.15) is 0 Å². The third-order valence-corrected chi connectivity index (χ3v) is 4.12. The summed E-state index contributed by atoms with van der Waals surface area (Å²) in [7, 11) is 0. The first-order valence-corrected chi connectivity index (χ1v) is 8.35. The van der Waals surface area contributed by atoms with Crippen molar-refractivity contribution in [1.82, 2.24) is 9.78 Å². The molecule has 2 amide bonds. The molecule has 25 heavy (non-hydrogen) atoms. The maximum Gasteiger partial charge on any atom is 0.255 e. The van der Waals surface area contributed by atoms with Gasteiger partial charge in [-0.25, -0.2) is 0 Å². The minimum atomic E-state index is -0.247. The Morgan fingerprint density at radius 3 is 2.92 bits per heavy atom. The van der Waals surface area contributed by atoms with E-state index in [0.717, 1.165) is 25.0 Å². The summed E-state index contributed by atoms with van der Waals surface area (Å²) in [5.41, 5.74) is 2.64. The first kappa shape index (κ1) is 17.2. The maximum atomic E-state index is 12.4. The normalized spacial score (nSPS) is 16.6. The first-order valence-electron chi connectivity index (χ1n) is 8.35. The van der Waals surface area contributed by atoms with Gasteiger partial charge < -0.3 is 15.4 Å². The number of benzene rings is 1. The van der Waals surface area contributed by atoms with Crippen LogP contribution in [0.3, 0.4) is 0 Å². The van der Waals surface area contributed by atoms with Crippen LogP contribution in [0.25, 0.3) is 0 Å². The quantitative estimate of drug-likeness (QED) is 0.874. The third-order valence-electron chi connectivity index (χ3n) is 4.12. The van der Waals surface area contributed by atoms with Gasteiger partial charge in [0.2, 0.25) is 5.91 Å². The Morgan fingerprint density at radius 2 is 2.20 bits per heavy atom. The summed E-state index contributed by atoms with van der Waals surface area (Å²) >= 11 is 0. The lowest BCUT2D eigenvalue weighted by Gasteiger charge is -2.09. The van der Waals surface area contributed by atoms with Crippen molar-refractivity contribution >= 4 is 23.2 Å². The SMILES string of the molecule is CC(=O)Nc1cc(C(=O)Nc2cnn(CC3CCCO3)c2)ccc1C. The number of ether oxygens (including phenoxy) is 1. The summed E-state index contributed by atoms with van der Waals surface area (Å²) in [5.74, 6) is -0.417. The number of amides is 2. The molecule has 1 aliphatic heterocycles. The molecule has 2 N–H and O–H groups in total. The van der Waals surface area contributed by atoms with Crippen LogP contribution < -0.4 is 10.6 Å². The van der Waals surface area contributed by atoms with E-state index in [0.29, 0.717) is 23.5 Å². The number of nitrogens with one attached hydrogen (secondary N) is 2. The van der Waals surface area contributed by atoms with Crippen molar-refractivity contribution < 1.29 is 14.3 Å². The third kappa shape index (κ3) is 4.45. The van der Waals surface area contributed by atoms with E-state index in [1.54, 1.807) is 35.3 Å². The molecule has 1 unspecified atom stereocenters. The van der Waals surface area contributed by atoms with Gasteiger partial charge in [0.15, 0.2) is 0 Å². The van der Waals surface area contributed by atoms with E-state index >= 15 is 0 Å². The molecule has 0 bridgehead atoms. The number of aromatic nitrogens is 2. The minimum absolute atomic E-state index is 0.170. The van der Waals surface area contributed by atoms with Crippen molar-refractivity contribution in [3.05, 3.63) is 41.7 Å². The van der Waals surface area contributed by atoms with Gasteiger partial charge in [0.25, 0.3) is 5.91 Å². The van der Waals surface area contributed by atoms with Gasteiger partial charge in [0, 0.05) is 31.0 Å². The highest BCUT2D eigenvalue weighted by molar-refractivity contribution is 6.05. The zero-order valence-corrected chi connectivity index (χ0v) is 14.4. The molecule has 0 spiro atoms. The molecule has 1 fully saturated rings. The largest absolute Gasteiger partial charge is 0.376 e. The Balaban J connectivity index is 1.65. The molecule has 1 aromatic carbocycles. The molecule has 2 heterocycles. The summed E-state index contributed by atoms with van der Waals surface area (Å²) < 4.78 is 7.37. The number of rotatable bonds is 5. The predicted molar refractivity (Wildman–Crippen MR) is 94.6 cm³/mol. The number of carbonyl (C=O) groups excluding carboxylic acids is 2. The number of carbonyl (C=O) groups is 2. The van der Waals surface area contributed by atoms with Crippen LogP contribution in [0.4, 0.5) is 11.4 Å². The molecule has 132 valence electrons. The van der Waals surface area contributed by atoms with Crippen LogP contribution in [-0.4, -0.2) is 34.3 Å². The number of nitrogens with zero attached hydrogens (tertiary/aromatic N) is 2. The van der Waals surface area contributed by atoms with Gasteiger partial charge in [-0.1, -0.05) is 6.07 Å². The number of hydrogen-bond donors (Lipinski definition) is 2. The Kier molecular flexibility index (Phi) is 5.14. The zero-order valence-electron chi connectivity index (χ0n) is 14.4. The van der Waals surface area contributed by atoms with Crippen molar-refractivity contribution in [1.29, 1.82) is 0 Å². The van der Waals surface area contributed by atoms with Crippen molar-refractivity contribution in [3.63, 3.8) is 0 Å². The lowest BCUT2D eigenvalue weighted by atomic mass is 10.1.